The first-order valence-electron chi connectivity index (χ1n) is 8.54. The summed E-state index contributed by atoms with van der Waals surface area (Å²) >= 11 is 0. The molecule has 0 radical (unpaired) electrons. The molecule has 2 aromatic rings. The standard InChI is InChI=1S/C19H25FN4O/c1-4-14(3)24-19(21-5-2)23-13-15-9-10-18(22-12-15)25-17-8-6-7-16(20)11-17/h6-12,14H,4-5,13H2,1-3H3,(H2,21,23,24). The number of benzene rings is 1. The highest BCUT2D eigenvalue weighted by atomic mass is 19.1. The van der Waals surface area contributed by atoms with Crippen molar-refractivity contribution < 1.29 is 9.13 Å². The van der Waals surface area contributed by atoms with Crippen molar-refractivity contribution in [3.63, 3.8) is 0 Å². The Morgan fingerprint density at radius 3 is 2.76 bits per heavy atom. The molecule has 0 amide bonds. The Balaban J connectivity index is 1.97. The summed E-state index contributed by atoms with van der Waals surface area (Å²) in [4.78, 5) is 8.81. The molecule has 1 unspecified atom stereocenters. The topological polar surface area (TPSA) is 58.5 Å². The minimum Gasteiger partial charge on any atom is -0.439 e. The molecule has 2 N–H and O–H groups in total. The quantitative estimate of drug-likeness (QED) is 0.591. The highest BCUT2D eigenvalue weighted by Gasteiger charge is 2.04. The zero-order chi connectivity index (χ0) is 18.1. The summed E-state index contributed by atoms with van der Waals surface area (Å²) < 4.78 is 18.7. The van der Waals surface area contributed by atoms with Gasteiger partial charge < -0.3 is 15.4 Å². The highest BCUT2D eigenvalue weighted by molar-refractivity contribution is 5.80. The monoisotopic (exact) mass is 344 g/mol. The van der Waals surface area contributed by atoms with Crippen LogP contribution in [-0.4, -0.2) is 23.5 Å². The first-order valence-corrected chi connectivity index (χ1v) is 8.54. The van der Waals surface area contributed by atoms with E-state index in [-0.39, 0.29) is 5.82 Å². The fraction of sp³-hybridized carbons (Fsp3) is 0.368. The van der Waals surface area contributed by atoms with Crippen LogP contribution in [0.4, 0.5) is 4.39 Å². The number of halogens is 1. The van der Waals surface area contributed by atoms with E-state index in [0.717, 1.165) is 24.5 Å². The molecule has 1 aromatic carbocycles. The second-order valence-electron chi connectivity index (χ2n) is 5.71. The summed E-state index contributed by atoms with van der Waals surface area (Å²) in [5, 5.41) is 6.57. The molecule has 1 aromatic heterocycles. The van der Waals surface area contributed by atoms with Gasteiger partial charge in [0, 0.05) is 30.9 Å². The maximum Gasteiger partial charge on any atom is 0.219 e. The second kappa shape index (κ2) is 9.61. The smallest absolute Gasteiger partial charge is 0.219 e. The van der Waals surface area contributed by atoms with Crippen molar-refractivity contribution >= 4 is 5.96 Å². The average molecular weight is 344 g/mol. The van der Waals surface area contributed by atoms with Crippen LogP contribution in [0.25, 0.3) is 0 Å². The van der Waals surface area contributed by atoms with E-state index in [4.69, 9.17) is 4.74 Å². The Kier molecular flexibility index (Phi) is 7.19. The zero-order valence-corrected chi connectivity index (χ0v) is 14.9. The van der Waals surface area contributed by atoms with Gasteiger partial charge in [0.25, 0.3) is 0 Å². The van der Waals surface area contributed by atoms with Gasteiger partial charge in [-0.15, -0.1) is 0 Å². The average Bonchev–Trinajstić information content (AvgIpc) is 2.61. The minimum atomic E-state index is -0.340. The van der Waals surface area contributed by atoms with Gasteiger partial charge in [-0.05, 0) is 38.0 Å². The van der Waals surface area contributed by atoms with Crippen molar-refractivity contribution in [2.75, 3.05) is 6.54 Å². The van der Waals surface area contributed by atoms with Crippen LogP contribution in [0.3, 0.4) is 0 Å². The lowest BCUT2D eigenvalue weighted by molar-refractivity contribution is 0.457. The number of nitrogens with one attached hydrogen (secondary N) is 2. The summed E-state index contributed by atoms with van der Waals surface area (Å²) in [6.07, 6.45) is 2.74. The first kappa shape index (κ1) is 18.7. The molecular formula is C19H25FN4O. The molecule has 2 rings (SSSR count). The van der Waals surface area contributed by atoms with Crippen molar-refractivity contribution in [1.29, 1.82) is 0 Å². The molecule has 0 saturated heterocycles. The van der Waals surface area contributed by atoms with Crippen LogP contribution in [0.1, 0.15) is 32.8 Å². The number of aliphatic imine (C=N–C) groups is 1. The second-order valence-corrected chi connectivity index (χ2v) is 5.71. The molecule has 25 heavy (non-hydrogen) atoms. The van der Waals surface area contributed by atoms with E-state index < -0.39 is 0 Å². The van der Waals surface area contributed by atoms with E-state index in [1.165, 1.54) is 12.1 Å². The Bertz CT molecular complexity index is 688. The molecule has 0 aliphatic heterocycles. The fourth-order valence-electron chi connectivity index (χ4n) is 2.04. The summed E-state index contributed by atoms with van der Waals surface area (Å²) in [6, 6.07) is 9.99. The van der Waals surface area contributed by atoms with E-state index >= 15 is 0 Å². The summed E-state index contributed by atoms with van der Waals surface area (Å²) in [7, 11) is 0. The Hall–Kier alpha value is -2.63. The van der Waals surface area contributed by atoms with Gasteiger partial charge in [0.05, 0.1) is 6.54 Å². The third kappa shape index (κ3) is 6.41. The Morgan fingerprint density at radius 2 is 2.12 bits per heavy atom. The number of rotatable bonds is 7. The van der Waals surface area contributed by atoms with Gasteiger partial charge in [0.15, 0.2) is 5.96 Å². The van der Waals surface area contributed by atoms with E-state index in [2.05, 4.69) is 34.5 Å². The molecule has 0 aliphatic carbocycles. The zero-order valence-electron chi connectivity index (χ0n) is 14.9. The molecule has 134 valence electrons. The van der Waals surface area contributed by atoms with E-state index in [9.17, 15) is 4.39 Å². The summed E-state index contributed by atoms with van der Waals surface area (Å²) in [6.45, 7) is 7.60. The van der Waals surface area contributed by atoms with Crippen LogP contribution in [-0.2, 0) is 6.54 Å². The molecule has 5 nitrogen and oxygen atoms in total. The Labute approximate surface area is 148 Å². The number of hydrogen-bond donors (Lipinski definition) is 2. The summed E-state index contributed by atoms with van der Waals surface area (Å²) in [5.74, 6) is 1.29. The van der Waals surface area contributed by atoms with Gasteiger partial charge in [0.2, 0.25) is 5.88 Å². The number of hydrogen-bond acceptors (Lipinski definition) is 3. The molecule has 0 bridgehead atoms. The van der Waals surface area contributed by atoms with Crippen molar-refractivity contribution in [1.82, 2.24) is 15.6 Å². The number of aromatic nitrogens is 1. The van der Waals surface area contributed by atoms with Crippen molar-refractivity contribution in [2.24, 2.45) is 4.99 Å². The maximum absolute atomic E-state index is 13.2. The molecule has 1 heterocycles. The largest absolute Gasteiger partial charge is 0.439 e. The van der Waals surface area contributed by atoms with Crippen LogP contribution in [0.15, 0.2) is 47.6 Å². The van der Waals surface area contributed by atoms with Gasteiger partial charge >= 0.3 is 0 Å². The van der Waals surface area contributed by atoms with Gasteiger partial charge in [0.1, 0.15) is 11.6 Å². The fourth-order valence-corrected chi connectivity index (χ4v) is 2.04. The van der Waals surface area contributed by atoms with E-state index in [1.807, 2.05) is 13.0 Å². The number of nitrogens with zero attached hydrogens (tertiary/aromatic N) is 2. The summed E-state index contributed by atoms with van der Waals surface area (Å²) in [5.41, 5.74) is 0.966. The van der Waals surface area contributed by atoms with Crippen molar-refractivity contribution in [2.45, 2.75) is 39.8 Å². The third-order valence-corrected chi connectivity index (χ3v) is 3.58. The lowest BCUT2D eigenvalue weighted by Gasteiger charge is -2.16. The van der Waals surface area contributed by atoms with Crippen LogP contribution in [0, 0.1) is 5.82 Å². The number of ether oxygens (including phenoxy) is 1. The SMILES string of the molecule is CCNC(=NCc1ccc(Oc2cccc(F)c2)nc1)NC(C)CC. The van der Waals surface area contributed by atoms with Crippen molar-refractivity contribution in [3.05, 3.63) is 54.0 Å². The molecular weight excluding hydrogens is 319 g/mol. The predicted octanol–water partition coefficient (Wildman–Crippen LogP) is 3.87. The van der Waals surface area contributed by atoms with E-state index in [1.54, 1.807) is 24.4 Å². The van der Waals surface area contributed by atoms with Crippen molar-refractivity contribution in [3.8, 4) is 11.6 Å². The molecule has 6 heteroatoms. The molecule has 0 saturated carbocycles. The molecule has 0 spiro atoms. The third-order valence-electron chi connectivity index (χ3n) is 3.58. The lowest BCUT2D eigenvalue weighted by atomic mass is 10.2. The number of guanidine groups is 1. The minimum absolute atomic E-state index is 0.340. The van der Waals surface area contributed by atoms with Gasteiger partial charge in [-0.1, -0.05) is 19.1 Å². The highest BCUT2D eigenvalue weighted by Crippen LogP contribution is 2.20. The number of pyridine rings is 1. The van der Waals surface area contributed by atoms with Crippen LogP contribution < -0.4 is 15.4 Å². The molecule has 0 fully saturated rings. The lowest BCUT2D eigenvalue weighted by Crippen LogP contribution is -2.41. The Morgan fingerprint density at radius 1 is 1.28 bits per heavy atom. The van der Waals surface area contributed by atoms with Crippen LogP contribution in [0.2, 0.25) is 0 Å². The molecule has 0 aliphatic rings. The normalized spacial score (nSPS) is 12.6. The van der Waals surface area contributed by atoms with E-state index in [0.29, 0.717) is 24.2 Å². The van der Waals surface area contributed by atoms with Gasteiger partial charge in [-0.3, -0.25) is 0 Å². The van der Waals surface area contributed by atoms with Crippen LogP contribution in [0.5, 0.6) is 11.6 Å². The first-order chi connectivity index (χ1) is 12.1. The van der Waals surface area contributed by atoms with Gasteiger partial charge in [-0.25, -0.2) is 14.4 Å². The molecule has 1 atom stereocenters. The maximum atomic E-state index is 13.2. The predicted molar refractivity (Wildman–Crippen MR) is 98.4 cm³/mol. The van der Waals surface area contributed by atoms with Crippen LogP contribution >= 0.6 is 0 Å². The van der Waals surface area contributed by atoms with Gasteiger partial charge in [-0.2, -0.15) is 0 Å².